The number of rotatable bonds is 3. The Hall–Kier alpha value is -4.54. The van der Waals surface area contributed by atoms with E-state index >= 15 is 0 Å². The molecule has 6 heteroatoms. The monoisotopic (exact) mass is 445 g/mol. The van der Waals surface area contributed by atoms with Crippen molar-refractivity contribution in [3.8, 4) is 35.7 Å². The van der Waals surface area contributed by atoms with Gasteiger partial charge in [0.15, 0.2) is 0 Å². The van der Waals surface area contributed by atoms with Crippen molar-refractivity contribution in [2.75, 3.05) is 19.0 Å². The number of benzene rings is 2. The van der Waals surface area contributed by atoms with Crippen LogP contribution >= 0.6 is 0 Å². The third-order valence-electron chi connectivity index (χ3n) is 4.64. The van der Waals surface area contributed by atoms with Gasteiger partial charge in [-0.2, -0.15) is 21.0 Å². The van der Waals surface area contributed by atoms with Gasteiger partial charge >= 0.3 is 0 Å². The number of hydrogen-bond acceptors (Lipinski definition) is 5. The van der Waals surface area contributed by atoms with Gasteiger partial charge in [0.05, 0.1) is 5.57 Å². The molecule has 0 bridgehead atoms. The highest BCUT2D eigenvalue weighted by Gasteiger charge is 2.16. The Labute approximate surface area is 196 Å². The molecular weight excluding hydrogens is 422 g/mol. The number of anilines is 1. The maximum Gasteiger partial charge on any atom is 0.145 e. The molecule has 0 aliphatic rings. The van der Waals surface area contributed by atoms with Gasteiger partial charge in [0.1, 0.15) is 43.5 Å². The fraction of sp³-hybridized carbons (Fsp3) is 0.185. The minimum absolute atomic E-state index is 0.0162. The average Bonchev–Trinajstić information content (AvgIpc) is 2.79. The molecule has 0 unspecified atom stereocenters. The lowest BCUT2D eigenvalue weighted by Crippen LogP contribution is -2.17. The molecule has 0 amide bonds. The van der Waals surface area contributed by atoms with Gasteiger partial charge in [-0.05, 0) is 22.9 Å². The minimum Gasteiger partial charge on any atom is -0.378 e. The van der Waals surface area contributed by atoms with Crippen molar-refractivity contribution in [2.45, 2.75) is 19.6 Å². The maximum absolute atomic E-state index is 9.68. The topological polar surface area (TPSA) is 98.4 Å². The van der Waals surface area contributed by atoms with Crippen LogP contribution in [0.15, 0.2) is 59.7 Å². The van der Waals surface area contributed by atoms with Gasteiger partial charge in [0.2, 0.25) is 0 Å². The fourth-order valence-electron chi connectivity index (χ4n) is 2.98. The van der Waals surface area contributed by atoms with E-state index in [4.69, 9.17) is 10.5 Å². The van der Waals surface area contributed by atoms with Gasteiger partial charge in [-0.15, -0.1) is 5.54 Å². The van der Waals surface area contributed by atoms with Crippen molar-refractivity contribution < 1.29 is 0 Å². The van der Waals surface area contributed by atoms with E-state index in [9.17, 15) is 10.5 Å². The highest BCUT2D eigenvalue weighted by molar-refractivity contribution is 6.83. The normalized spacial score (nSPS) is 9.61. The Morgan fingerprint density at radius 3 is 1.67 bits per heavy atom. The summed E-state index contributed by atoms with van der Waals surface area (Å²) >= 11 is 0. The first-order chi connectivity index (χ1) is 15.6. The van der Waals surface area contributed by atoms with E-state index in [2.05, 4.69) is 31.1 Å². The second-order valence-corrected chi connectivity index (χ2v) is 13.2. The summed E-state index contributed by atoms with van der Waals surface area (Å²) in [4.78, 5) is 1.98. The molecule has 0 radical (unpaired) electrons. The quantitative estimate of drug-likeness (QED) is 0.410. The largest absolute Gasteiger partial charge is 0.378 e. The number of allylic oxidation sites excluding steroid dienone is 2. The Balaban J connectivity index is 3.03. The van der Waals surface area contributed by atoms with Crippen molar-refractivity contribution in [2.24, 2.45) is 0 Å². The van der Waals surface area contributed by atoms with Crippen LogP contribution in [0.2, 0.25) is 19.6 Å². The molecule has 2 rings (SSSR count). The first-order valence-corrected chi connectivity index (χ1v) is 13.7. The van der Waals surface area contributed by atoms with Crippen LogP contribution in [0.4, 0.5) is 5.69 Å². The summed E-state index contributed by atoms with van der Waals surface area (Å²) < 4.78 is 0. The van der Waals surface area contributed by atoms with Crippen LogP contribution in [0.5, 0.6) is 0 Å². The molecule has 5 nitrogen and oxygen atoms in total. The van der Waals surface area contributed by atoms with E-state index in [-0.39, 0.29) is 11.1 Å². The van der Waals surface area contributed by atoms with Crippen LogP contribution < -0.4 is 15.3 Å². The Morgan fingerprint density at radius 2 is 1.24 bits per heavy atom. The zero-order valence-electron chi connectivity index (χ0n) is 19.4. The molecule has 0 heterocycles. The molecule has 0 saturated heterocycles. The van der Waals surface area contributed by atoms with E-state index in [1.807, 2.05) is 67.5 Å². The van der Waals surface area contributed by atoms with Gasteiger partial charge in [0, 0.05) is 30.6 Å². The van der Waals surface area contributed by atoms with Crippen LogP contribution in [0, 0.1) is 56.8 Å². The van der Waals surface area contributed by atoms with Gasteiger partial charge in [0.25, 0.3) is 0 Å². The predicted molar refractivity (Wildman–Crippen MR) is 133 cm³/mol. The lowest BCUT2D eigenvalue weighted by Gasteiger charge is -2.15. The molecule has 2 aromatic rings. The third kappa shape index (κ3) is 6.23. The lowest BCUT2D eigenvalue weighted by molar-refractivity contribution is 1.13. The Kier molecular flexibility index (Phi) is 7.99. The van der Waals surface area contributed by atoms with Crippen LogP contribution in [-0.2, 0) is 0 Å². The summed E-state index contributed by atoms with van der Waals surface area (Å²) in [6.07, 6.45) is 0. The summed E-state index contributed by atoms with van der Waals surface area (Å²) in [5.41, 5.74) is 6.08. The van der Waals surface area contributed by atoms with Crippen LogP contribution in [-0.4, -0.2) is 22.2 Å². The molecule has 0 saturated carbocycles. The second kappa shape index (κ2) is 10.7. The summed E-state index contributed by atoms with van der Waals surface area (Å²) in [5, 5.41) is 38.9. The van der Waals surface area contributed by atoms with Gasteiger partial charge < -0.3 is 4.90 Å². The molecular formula is C27H23N5Si. The van der Waals surface area contributed by atoms with Crippen molar-refractivity contribution in [3.63, 3.8) is 0 Å². The summed E-state index contributed by atoms with van der Waals surface area (Å²) in [6.45, 7) is 6.28. The summed E-state index contributed by atoms with van der Waals surface area (Å²) in [5.74, 6) is 3.14. The fourth-order valence-corrected chi connectivity index (χ4v) is 3.48. The molecule has 160 valence electrons. The van der Waals surface area contributed by atoms with E-state index in [1.165, 1.54) is 0 Å². The molecule has 33 heavy (non-hydrogen) atoms. The molecule has 0 aliphatic heterocycles. The Morgan fingerprint density at radius 1 is 0.727 bits per heavy atom. The number of hydrogen-bond donors (Lipinski definition) is 0. The van der Waals surface area contributed by atoms with E-state index in [0.717, 1.165) is 16.5 Å². The average molecular weight is 446 g/mol. The predicted octanol–water partition coefficient (Wildman–Crippen LogP) is 3.37. The zero-order chi connectivity index (χ0) is 24.6. The lowest BCUT2D eigenvalue weighted by atomic mass is 9.92. The minimum atomic E-state index is -1.81. The Bertz CT molecular complexity index is 1390. The van der Waals surface area contributed by atoms with Crippen LogP contribution in [0.25, 0.3) is 11.1 Å². The summed E-state index contributed by atoms with van der Waals surface area (Å²) in [7, 11) is 2.09. The molecule has 0 aromatic heterocycles. The van der Waals surface area contributed by atoms with Crippen molar-refractivity contribution in [1.29, 1.82) is 21.0 Å². The SMILES string of the molecule is CN(C)c1ccc(C(C(C#C[Si](C)(C)C)=C(C#N)C#N)=c2ccc(=C(C#N)C#N)cc2)cc1. The number of nitriles is 4. The summed E-state index contributed by atoms with van der Waals surface area (Å²) in [6, 6.07) is 22.5. The van der Waals surface area contributed by atoms with Crippen LogP contribution in [0.1, 0.15) is 5.56 Å². The van der Waals surface area contributed by atoms with E-state index < -0.39 is 8.07 Å². The highest BCUT2D eigenvalue weighted by Crippen LogP contribution is 2.25. The smallest absolute Gasteiger partial charge is 0.145 e. The molecule has 2 aromatic carbocycles. The van der Waals surface area contributed by atoms with Gasteiger partial charge in [-0.1, -0.05) is 62.0 Å². The van der Waals surface area contributed by atoms with Gasteiger partial charge in [-0.25, -0.2) is 0 Å². The molecule has 0 spiro atoms. The molecule has 0 fully saturated rings. The molecule has 0 aliphatic carbocycles. The third-order valence-corrected chi connectivity index (χ3v) is 5.52. The maximum atomic E-state index is 9.68. The van der Waals surface area contributed by atoms with Crippen molar-refractivity contribution in [1.82, 2.24) is 0 Å². The van der Waals surface area contributed by atoms with Crippen molar-refractivity contribution >= 4 is 24.9 Å². The van der Waals surface area contributed by atoms with Gasteiger partial charge in [-0.3, -0.25) is 0 Å². The number of nitrogens with zero attached hydrogens (tertiary/aromatic N) is 5. The van der Waals surface area contributed by atoms with E-state index in [1.54, 1.807) is 24.3 Å². The zero-order valence-corrected chi connectivity index (χ0v) is 20.4. The second-order valence-electron chi connectivity index (χ2n) is 8.47. The standard InChI is InChI=1S/C27H23N5Si/c1-32(2)25-12-10-22(11-13-25)27(21-8-6-20(7-9-21)23(16-28)17-29)26(24(18-30)19-31)14-15-33(3,4)5/h6-13H,1-5H3. The highest BCUT2D eigenvalue weighted by atomic mass is 28.3. The molecule has 0 N–H and O–H groups in total. The molecule has 0 atom stereocenters. The van der Waals surface area contributed by atoms with Crippen LogP contribution in [0.3, 0.4) is 0 Å². The first kappa shape index (κ1) is 24.7. The van der Waals surface area contributed by atoms with Crippen molar-refractivity contribution in [3.05, 3.63) is 75.7 Å². The first-order valence-electron chi connectivity index (χ1n) is 10.2. The van der Waals surface area contributed by atoms with E-state index in [0.29, 0.717) is 16.4 Å².